The van der Waals surface area contributed by atoms with E-state index >= 15 is 0 Å². The van der Waals surface area contributed by atoms with Crippen LogP contribution < -0.4 is 0 Å². The number of hydrogen-bond acceptors (Lipinski definition) is 1. The summed E-state index contributed by atoms with van der Waals surface area (Å²) in [6.07, 6.45) is 8.69. The first-order valence-electron chi connectivity index (χ1n) is 4.26. The van der Waals surface area contributed by atoms with E-state index in [0.717, 1.165) is 12.8 Å². The SMILES string of the molecule is C=CC12CCCCC1(C=C)O2. The van der Waals surface area contributed by atoms with E-state index in [-0.39, 0.29) is 11.2 Å². The van der Waals surface area contributed by atoms with Gasteiger partial charge >= 0.3 is 0 Å². The molecule has 1 nitrogen and oxygen atoms in total. The first-order valence-corrected chi connectivity index (χ1v) is 4.26. The van der Waals surface area contributed by atoms with Crippen molar-refractivity contribution in [2.24, 2.45) is 0 Å². The van der Waals surface area contributed by atoms with Crippen LogP contribution in [0.5, 0.6) is 0 Å². The minimum Gasteiger partial charge on any atom is -0.354 e. The van der Waals surface area contributed by atoms with Gasteiger partial charge in [0, 0.05) is 0 Å². The van der Waals surface area contributed by atoms with Crippen molar-refractivity contribution >= 4 is 0 Å². The summed E-state index contributed by atoms with van der Waals surface area (Å²) in [7, 11) is 0. The summed E-state index contributed by atoms with van der Waals surface area (Å²) in [6.45, 7) is 7.64. The highest BCUT2D eigenvalue weighted by molar-refractivity contribution is 5.31. The van der Waals surface area contributed by atoms with Crippen LogP contribution in [0.1, 0.15) is 25.7 Å². The third-order valence-corrected chi connectivity index (χ3v) is 3.04. The highest BCUT2D eigenvalue weighted by atomic mass is 16.6. The van der Waals surface area contributed by atoms with Crippen LogP contribution in [0.15, 0.2) is 25.3 Å². The van der Waals surface area contributed by atoms with Gasteiger partial charge in [-0.05, 0) is 25.7 Å². The molecule has 2 rings (SSSR count). The Morgan fingerprint density at radius 2 is 1.45 bits per heavy atom. The quantitative estimate of drug-likeness (QED) is 0.435. The maximum absolute atomic E-state index is 5.72. The molecule has 0 aromatic rings. The van der Waals surface area contributed by atoms with Gasteiger partial charge in [0.2, 0.25) is 0 Å². The molecule has 1 aliphatic heterocycles. The van der Waals surface area contributed by atoms with Crippen LogP contribution in [0.25, 0.3) is 0 Å². The topological polar surface area (TPSA) is 12.5 Å². The van der Waals surface area contributed by atoms with Crippen LogP contribution in [0.4, 0.5) is 0 Å². The maximum atomic E-state index is 5.72. The monoisotopic (exact) mass is 150 g/mol. The Bertz CT molecular complexity index is 187. The Morgan fingerprint density at radius 1 is 1.00 bits per heavy atom. The molecule has 1 heteroatoms. The standard InChI is InChI=1S/C10H14O/c1-3-9-7-5-6-8-10(9,4-2)11-9/h3-4H,1-2,5-8H2. The van der Waals surface area contributed by atoms with Gasteiger partial charge in [0.1, 0.15) is 11.2 Å². The summed E-state index contributed by atoms with van der Waals surface area (Å²) in [5, 5.41) is 0. The molecule has 11 heavy (non-hydrogen) atoms. The molecule has 2 unspecified atom stereocenters. The zero-order valence-corrected chi connectivity index (χ0v) is 6.81. The fraction of sp³-hybridized carbons (Fsp3) is 0.600. The van der Waals surface area contributed by atoms with Gasteiger partial charge < -0.3 is 4.74 Å². The third-order valence-electron chi connectivity index (χ3n) is 3.04. The molecule has 0 N–H and O–H groups in total. The Morgan fingerprint density at radius 3 is 1.82 bits per heavy atom. The third kappa shape index (κ3) is 0.694. The molecule has 60 valence electrons. The number of hydrogen-bond donors (Lipinski definition) is 0. The fourth-order valence-corrected chi connectivity index (χ4v) is 2.23. The molecule has 1 heterocycles. The first-order chi connectivity index (χ1) is 5.29. The summed E-state index contributed by atoms with van der Waals surface area (Å²) < 4.78 is 5.72. The second kappa shape index (κ2) is 1.98. The lowest BCUT2D eigenvalue weighted by Crippen LogP contribution is -2.25. The van der Waals surface area contributed by atoms with Gasteiger partial charge in [0.05, 0.1) is 0 Å². The van der Waals surface area contributed by atoms with Crippen molar-refractivity contribution in [1.82, 2.24) is 0 Å². The lowest BCUT2D eigenvalue weighted by Gasteiger charge is -2.18. The highest BCUT2D eigenvalue weighted by Gasteiger charge is 2.66. The van der Waals surface area contributed by atoms with E-state index in [1.54, 1.807) is 0 Å². The Kier molecular flexibility index (Phi) is 1.28. The number of epoxide rings is 1. The molecule has 2 aliphatic rings. The molecule has 0 radical (unpaired) electrons. The van der Waals surface area contributed by atoms with Gasteiger partial charge in [-0.15, -0.1) is 13.2 Å². The van der Waals surface area contributed by atoms with Crippen molar-refractivity contribution in [2.75, 3.05) is 0 Å². The van der Waals surface area contributed by atoms with E-state index < -0.39 is 0 Å². The molecule has 2 fully saturated rings. The Hall–Kier alpha value is -0.560. The molecule has 1 aliphatic carbocycles. The summed E-state index contributed by atoms with van der Waals surface area (Å²) in [5.41, 5.74) is -0.0417. The van der Waals surface area contributed by atoms with E-state index in [1.807, 2.05) is 12.2 Å². The number of fused-ring (bicyclic) bond motifs is 1. The molecular weight excluding hydrogens is 136 g/mol. The molecular formula is C10H14O. The van der Waals surface area contributed by atoms with Crippen molar-refractivity contribution in [2.45, 2.75) is 36.9 Å². The molecule has 1 saturated heterocycles. The average Bonchev–Trinajstić information content (AvgIpc) is 2.75. The van der Waals surface area contributed by atoms with Crippen molar-refractivity contribution in [3.8, 4) is 0 Å². The van der Waals surface area contributed by atoms with E-state index in [1.165, 1.54) is 12.8 Å². The predicted octanol–water partition coefficient (Wildman–Crippen LogP) is 2.44. The van der Waals surface area contributed by atoms with Gasteiger partial charge in [0.25, 0.3) is 0 Å². The van der Waals surface area contributed by atoms with Gasteiger partial charge in [-0.25, -0.2) is 0 Å². The van der Waals surface area contributed by atoms with Crippen molar-refractivity contribution in [3.63, 3.8) is 0 Å². The number of rotatable bonds is 2. The largest absolute Gasteiger partial charge is 0.354 e. The summed E-state index contributed by atoms with van der Waals surface area (Å²) in [6, 6.07) is 0. The molecule has 0 bridgehead atoms. The molecule has 0 aromatic carbocycles. The zero-order valence-electron chi connectivity index (χ0n) is 6.81. The van der Waals surface area contributed by atoms with E-state index in [4.69, 9.17) is 4.74 Å². The Labute approximate surface area is 67.7 Å². The van der Waals surface area contributed by atoms with Crippen molar-refractivity contribution in [3.05, 3.63) is 25.3 Å². The van der Waals surface area contributed by atoms with Crippen LogP contribution in [0.2, 0.25) is 0 Å². The maximum Gasteiger partial charge on any atom is 0.120 e. The first kappa shape index (κ1) is 7.11. The van der Waals surface area contributed by atoms with E-state index in [9.17, 15) is 0 Å². The second-order valence-electron chi connectivity index (χ2n) is 3.50. The van der Waals surface area contributed by atoms with Crippen molar-refractivity contribution < 1.29 is 4.74 Å². The van der Waals surface area contributed by atoms with Crippen LogP contribution in [-0.4, -0.2) is 11.2 Å². The minimum atomic E-state index is -0.0208. The van der Waals surface area contributed by atoms with Gasteiger partial charge in [-0.2, -0.15) is 0 Å². The zero-order chi connectivity index (χ0) is 7.95. The van der Waals surface area contributed by atoms with Gasteiger partial charge in [-0.3, -0.25) is 0 Å². The van der Waals surface area contributed by atoms with Gasteiger partial charge in [-0.1, -0.05) is 12.2 Å². The summed E-state index contributed by atoms with van der Waals surface area (Å²) in [4.78, 5) is 0. The lowest BCUT2D eigenvalue weighted by molar-refractivity contribution is 0.306. The number of ether oxygens (including phenoxy) is 1. The lowest BCUT2D eigenvalue weighted by atomic mass is 9.79. The van der Waals surface area contributed by atoms with Crippen LogP contribution >= 0.6 is 0 Å². The van der Waals surface area contributed by atoms with Crippen LogP contribution in [0, 0.1) is 0 Å². The summed E-state index contributed by atoms with van der Waals surface area (Å²) >= 11 is 0. The predicted molar refractivity (Wildman–Crippen MR) is 45.4 cm³/mol. The summed E-state index contributed by atoms with van der Waals surface area (Å²) in [5.74, 6) is 0. The molecule has 0 amide bonds. The van der Waals surface area contributed by atoms with Crippen molar-refractivity contribution in [1.29, 1.82) is 0 Å². The average molecular weight is 150 g/mol. The minimum absolute atomic E-state index is 0.0208. The fourth-order valence-electron chi connectivity index (χ4n) is 2.23. The molecule has 1 saturated carbocycles. The second-order valence-corrected chi connectivity index (χ2v) is 3.50. The van der Waals surface area contributed by atoms with Crippen LogP contribution in [0.3, 0.4) is 0 Å². The van der Waals surface area contributed by atoms with E-state index in [0.29, 0.717) is 0 Å². The van der Waals surface area contributed by atoms with Gasteiger partial charge in [0.15, 0.2) is 0 Å². The smallest absolute Gasteiger partial charge is 0.120 e. The molecule has 0 spiro atoms. The normalized spacial score (nSPS) is 47.6. The molecule has 2 atom stereocenters. The van der Waals surface area contributed by atoms with E-state index in [2.05, 4.69) is 13.2 Å². The highest BCUT2D eigenvalue weighted by Crippen LogP contribution is 2.58. The molecule has 0 aromatic heterocycles. The Balaban J connectivity index is 2.25. The van der Waals surface area contributed by atoms with Crippen LogP contribution in [-0.2, 0) is 4.74 Å².